The maximum atomic E-state index is 5.97. The third-order valence-corrected chi connectivity index (χ3v) is 5.62. The van der Waals surface area contributed by atoms with Crippen molar-refractivity contribution in [1.29, 1.82) is 0 Å². The molecule has 1 aromatic carbocycles. The van der Waals surface area contributed by atoms with Crippen molar-refractivity contribution in [1.82, 2.24) is 29.6 Å². The fourth-order valence-corrected chi connectivity index (χ4v) is 3.91. The van der Waals surface area contributed by atoms with Crippen molar-refractivity contribution in [2.75, 3.05) is 31.6 Å². The molecule has 0 atom stereocenters. The second kappa shape index (κ2) is 9.83. The number of pyridine rings is 1. The molecular formula is C24H27N7O2. The van der Waals surface area contributed by atoms with E-state index in [9.17, 15) is 0 Å². The van der Waals surface area contributed by atoms with Crippen LogP contribution in [0.15, 0.2) is 55.1 Å². The van der Waals surface area contributed by atoms with E-state index < -0.39 is 0 Å². The Hall–Kier alpha value is -3.72. The molecule has 4 aromatic rings. The number of likely N-dealkylation sites (tertiary alicyclic amines) is 1. The number of anilines is 2. The summed E-state index contributed by atoms with van der Waals surface area (Å²) in [5.41, 5.74) is 0.807. The summed E-state index contributed by atoms with van der Waals surface area (Å²) in [6.07, 6.45) is 9.01. The Morgan fingerprint density at radius 2 is 1.85 bits per heavy atom. The zero-order valence-electron chi connectivity index (χ0n) is 18.6. The van der Waals surface area contributed by atoms with Crippen molar-refractivity contribution in [2.45, 2.75) is 19.3 Å². The molecule has 3 aromatic heterocycles. The second-order valence-electron chi connectivity index (χ2n) is 8.09. The van der Waals surface area contributed by atoms with Gasteiger partial charge in [-0.1, -0.05) is 6.42 Å². The highest BCUT2D eigenvalue weighted by molar-refractivity contribution is 5.91. The number of aromatic nitrogens is 5. The summed E-state index contributed by atoms with van der Waals surface area (Å²) in [5, 5.41) is 8.42. The molecule has 33 heavy (non-hydrogen) atoms. The summed E-state index contributed by atoms with van der Waals surface area (Å²) in [4.78, 5) is 15.6. The van der Waals surface area contributed by atoms with Crippen LogP contribution in [0.25, 0.3) is 10.9 Å². The Balaban J connectivity index is 1.23. The highest BCUT2D eigenvalue weighted by Gasteiger charge is 2.10. The number of benzene rings is 1. The first-order chi connectivity index (χ1) is 16.2. The Kier molecular flexibility index (Phi) is 6.30. The van der Waals surface area contributed by atoms with Crippen molar-refractivity contribution in [3.8, 4) is 17.4 Å². The van der Waals surface area contributed by atoms with Crippen LogP contribution in [0.4, 0.5) is 11.6 Å². The Morgan fingerprint density at radius 1 is 0.970 bits per heavy atom. The molecule has 170 valence electrons. The van der Waals surface area contributed by atoms with Gasteiger partial charge < -0.3 is 14.8 Å². The largest absolute Gasteiger partial charge is 0.491 e. The lowest BCUT2D eigenvalue weighted by Crippen LogP contribution is -2.33. The van der Waals surface area contributed by atoms with Crippen molar-refractivity contribution in [2.24, 2.45) is 7.05 Å². The number of hydrogen-bond acceptors (Lipinski definition) is 8. The molecular weight excluding hydrogens is 418 g/mol. The topological polar surface area (TPSA) is 90.2 Å². The van der Waals surface area contributed by atoms with Gasteiger partial charge in [-0.15, -0.1) is 0 Å². The van der Waals surface area contributed by atoms with Gasteiger partial charge in [0.05, 0.1) is 11.7 Å². The number of fused-ring (bicyclic) bond motifs is 1. The molecule has 0 saturated carbocycles. The molecule has 1 fully saturated rings. The van der Waals surface area contributed by atoms with Gasteiger partial charge in [0.1, 0.15) is 30.3 Å². The lowest BCUT2D eigenvalue weighted by atomic mass is 10.1. The fourth-order valence-electron chi connectivity index (χ4n) is 3.91. The van der Waals surface area contributed by atoms with Crippen molar-refractivity contribution < 1.29 is 9.47 Å². The first-order valence-corrected chi connectivity index (χ1v) is 11.2. The second-order valence-corrected chi connectivity index (χ2v) is 8.09. The third kappa shape index (κ3) is 5.38. The van der Waals surface area contributed by atoms with Crippen LogP contribution in [-0.4, -0.2) is 55.9 Å². The lowest BCUT2D eigenvalue weighted by Gasteiger charge is -2.26. The fraction of sp³-hybridized carbons (Fsp3) is 0.333. The molecule has 9 nitrogen and oxygen atoms in total. The zero-order chi connectivity index (χ0) is 22.5. The van der Waals surface area contributed by atoms with E-state index in [-0.39, 0.29) is 0 Å². The quantitative estimate of drug-likeness (QED) is 0.432. The van der Waals surface area contributed by atoms with Gasteiger partial charge in [-0.3, -0.25) is 9.58 Å². The average molecular weight is 446 g/mol. The van der Waals surface area contributed by atoms with E-state index >= 15 is 0 Å². The molecule has 5 rings (SSSR count). The van der Waals surface area contributed by atoms with Crippen LogP contribution in [0, 0.1) is 0 Å². The molecule has 0 bridgehead atoms. The summed E-state index contributed by atoms with van der Waals surface area (Å²) in [6, 6.07) is 11.2. The van der Waals surface area contributed by atoms with Crippen LogP contribution in [0.3, 0.4) is 0 Å². The normalized spacial score (nSPS) is 14.3. The molecule has 1 aliphatic rings. The Bertz CT molecular complexity index is 1200. The predicted octanol–water partition coefficient (Wildman–Crippen LogP) is 4.16. The van der Waals surface area contributed by atoms with Crippen molar-refractivity contribution in [3.63, 3.8) is 0 Å². The van der Waals surface area contributed by atoms with Gasteiger partial charge in [-0.05, 0) is 50.2 Å². The summed E-state index contributed by atoms with van der Waals surface area (Å²) in [6.45, 7) is 3.96. The maximum absolute atomic E-state index is 5.97. The standard InChI is InChI=1S/C24H27N7O2/c1-30-12-9-22(29-30)28-24-20-15-18(5-7-21(20)26-17-27-24)33-23-8-6-19(16-25-23)32-14-13-31-10-3-2-4-11-31/h5-9,12,15-17H,2-4,10-11,13-14H2,1H3,(H,26,27,28,29). The van der Waals surface area contributed by atoms with E-state index in [0.717, 1.165) is 23.2 Å². The van der Waals surface area contributed by atoms with Gasteiger partial charge in [0.15, 0.2) is 5.82 Å². The van der Waals surface area contributed by atoms with E-state index in [0.29, 0.717) is 29.9 Å². The molecule has 4 heterocycles. The van der Waals surface area contributed by atoms with Gasteiger partial charge >= 0.3 is 0 Å². The van der Waals surface area contributed by atoms with Gasteiger partial charge in [0.2, 0.25) is 5.88 Å². The van der Waals surface area contributed by atoms with Gasteiger partial charge in [0.25, 0.3) is 0 Å². The van der Waals surface area contributed by atoms with Crippen molar-refractivity contribution >= 4 is 22.5 Å². The molecule has 1 saturated heterocycles. The first kappa shape index (κ1) is 21.1. The molecule has 0 radical (unpaired) electrons. The number of nitrogens with one attached hydrogen (secondary N) is 1. The number of aryl methyl sites for hydroxylation is 1. The molecule has 1 aliphatic heterocycles. The number of piperidine rings is 1. The summed E-state index contributed by atoms with van der Waals surface area (Å²) in [7, 11) is 1.87. The number of nitrogens with zero attached hydrogens (tertiary/aromatic N) is 6. The third-order valence-electron chi connectivity index (χ3n) is 5.62. The van der Waals surface area contributed by atoms with E-state index in [1.54, 1.807) is 10.9 Å². The van der Waals surface area contributed by atoms with E-state index in [1.165, 1.54) is 38.7 Å². The maximum Gasteiger partial charge on any atom is 0.219 e. The number of rotatable bonds is 8. The highest BCUT2D eigenvalue weighted by Crippen LogP contribution is 2.29. The highest BCUT2D eigenvalue weighted by atomic mass is 16.5. The molecule has 0 amide bonds. The Labute approximate surface area is 192 Å². The van der Waals surface area contributed by atoms with Crippen LogP contribution >= 0.6 is 0 Å². The van der Waals surface area contributed by atoms with Crippen LogP contribution in [0.5, 0.6) is 17.4 Å². The minimum Gasteiger partial charge on any atom is -0.491 e. The zero-order valence-corrected chi connectivity index (χ0v) is 18.6. The van der Waals surface area contributed by atoms with Gasteiger partial charge in [0, 0.05) is 37.3 Å². The molecule has 0 spiro atoms. The SMILES string of the molecule is Cn1ccc(Nc2ncnc3ccc(Oc4ccc(OCCN5CCCCC5)cn4)cc23)n1. The first-order valence-electron chi connectivity index (χ1n) is 11.2. The van der Waals surface area contributed by atoms with Crippen LogP contribution in [-0.2, 0) is 7.05 Å². The summed E-state index contributed by atoms with van der Waals surface area (Å²) < 4.78 is 13.6. The predicted molar refractivity (Wildman–Crippen MR) is 126 cm³/mol. The smallest absolute Gasteiger partial charge is 0.219 e. The van der Waals surface area contributed by atoms with Gasteiger partial charge in [-0.25, -0.2) is 15.0 Å². The van der Waals surface area contributed by atoms with Crippen LogP contribution < -0.4 is 14.8 Å². The molecule has 9 heteroatoms. The summed E-state index contributed by atoms with van der Waals surface area (Å²) >= 11 is 0. The van der Waals surface area contributed by atoms with E-state index in [2.05, 4.69) is 30.3 Å². The van der Waals surface area contributed by atoms with E-state index in [4.69, 9.17) is 9.47 Å². The minimum atomic E-state index is 0.494. The lowest BCUT2D eigenvalue weighted by molar-refractivity contribution is 0.183. The van der Waals surface area contributed by atoms with Crippen LogP contribution in [0.2, 0.25) is 0 Å². The monoisotopic (exact) mass is 445 g/mol. The Morgan fingerprint density at radius 3 is 2.64 bits per heavy atom. The average Bonchev–Trinajstić information content (AvgIpc) is 3.26. The number of hydrogen-bond donors (Lipinski definition) is 1. The molecule has 1 N–H and O–H groups in total. The van der Waals surface area contributed by atoms with E-state index in [1.807, 2.05) is 49.6 Å². The van der Waals surface area contributed by atoms with Crippen molar-refractivity contribution in [3.05, 3.63) is 55.1 Å². The molecule has 0 aliphatic carbocycles. The number of ether oxygens (including phenoxy) is 2. The summed E-state index contributed by atoms with van der Waals surface area (Å²) in [5.74, 6) is 3.26. The van der Waals surface area contributed by atoms with Gasteiger partial charge in [-0.2, -0.15) is 5.10 Å². The minimum absolute atomic E-state index is 0.494. The molecule has 0 unspecified atom stereocenters. The van der Waals surface area contributed by atoms with Crippen LogP contribution in [0.1, 0.15) is 19.3 Å².